The monoisotopic (exact) mass is 288 g/mol. The minimum Gasteiger partial charge on any atom is -0.479 e. The van der Waals surface area contributed by atoms with Gasteiger partial charge >= 0.3 is 5.97 Å². The van der Waals surface area contributed by atoms with Crippen molar-refractivity contribution < 1.29 is 19.8 Å². The number of aliphatic hydroxyl groups is 1. The molecule has 0 aromatic heterocycles. The fourth-order valence-corrected chi connectivity index (χ4v) is 3.80. The number of fused-ring (bicyclic) bond motifs is 1. The molecule has 19 heavy (non-hydrogen) atoms. The van der Waals surface area contributed by atoms with Gasteiger partial charge in [-0.3, -0.25) is 4.79 Å². The number of carbonyl (C=O) groups excluding carboxylic acids is 1. The maximum atomic E-state index is 11.9. The van der Waals surface area contributed by atoms with Gasteiger partial charge in [-0.2, -0.15) is 0 Å². The third kappa shape index (κ3) is 2.73. The summed E-state index contributed by atoms with van der Waals surface area (Å²) in [6, 6.07) is -0.222. The first-order valence-electron chi connectivity index (χ1n) is 6.61. The predicted octanol–water partition coefficient (Wildman–Crippen LogP) is -0.134. The summed E-state index contributed by atoms with van der Waals surface area (Å²) >= 11 is 1.34. The Hall–Kier alpha value is -0.790. The Labute approximate surface area is 116 Å². The van der Waals surface area contributed by atoms with Gasteiger partial charge in [-0.05, 0) is 13.0 Å². The molecule has 3 atom stereocenters. The molecule has 0 aliphatic carbocycles. The van der Waals surface area contributed by atoms with Gasteiger partial charge < -0.3 is 20.4 Å². The highest BCUT2D eigenvalue weighted by Crippen LogP contribution is 2.38. The molecule has 6 nitrogen and oxygen atoms in total. The highest BCUT2D eigenvalue weighted by atomic mass is 32.2. The van der Waals surface area contributed by atoms with Crippen LogP contribution >= 0.6 is 11.8 Å². The quantitative estimate of drug-likeness (QED) is 0.466. The number of carboxylic acids is 1. The van der Waals surface area contributed by atoms with E-state index in [1.807, 2.05) is 0 Å². The van der Waals surface area contributed by atoms with Gasteiger partial charge in [0.15, 0.2) is 5.60 Å². The number of nitrogens with zero attached hydrogens (tertiary/aromatic N) is 1. The molecule has 0 aromatic rings. The summed E-state index contributed by atoms with van der Waals surface area (Å²) in [6.07, 6.45) is 3.31. The van der Waals surface area contributed by atoms with Crippen LogP contribution in [0.5, 0.6) is 0 Å². The molecule has 2 rings (SSSR count). The van der Waals surface area contributed by atoms with E-state index in [4.69, 9.17) is 5.11 Å². The van der Waals surface area contributed by atoms with Crippen molar-refractivity contribution in [3.05, 3.63) is 0 Å². The molecular formula is C12H20N2O4S. The molecule has 0 saturated carbocycles. The van der Waals surface area contributed by atoms with Gasteiger partial charge in [-0.25, -0.2) is 4.79 Å². The van der Waals surface area contributed by atoms with Crippen molar-refractivity contribution in [1.82, 2.24) is 10.2 Å². The Bertz CT molecular complexity index is 379. The van der Waals surface area contributed by atoms with Crippen LogP contribution in [-0.4, -0.2) is 62.8 Å². The minimum absolute atomic E-state index is 0.0336. The molecule has 7 heteroatoms. The molecule has 2 heterocycles. The molecule has 2 unspecified atom stereocenters. The second kappa shape index (κ2) is 5.68. The summed E-state index contributed by atoms with van der Waals surface area (Å²) in [5.74, 6) is -1.23. The van der Waals surface area contributed by atoms with Crippen molar-refractivity contribution >= 4 is 23.6 Å². The van der Waals surface area contributed by atoms with Crippen LogP contribution in [0.15, 0.2) is 0 Å². The molecule has 1 amide bonds. The van der Waals surface area contributed by atoms with E-state index in [0.29, 0.717) is 0 Å². The molecule has 2 aliphatic heterocycles. The third-order valence-corrected chi connectivity index (χ3v) is 5.12. The Morgan fingerprint density at radius 2 is 2.32 bits per heavy atom. The van der Waals surface area contributed by atoms with Gasteiger partial charge in [0.05, 0.1) is 6.54 Å². The lowest BCUT2D eigenvalue weighted by molar-refractivity contribution is -0.166. The number of carbonyl (C=O) groups is 2. The first kappa shape index (κ1) is 14.6. The average molecular weight is 288 g/mol. The van der Waals surface area contributed by atoms with Crippen molar-refractivity contribution in [2.45, 2.75) is 43.2 Å². The van der Waals surface area contributed by atoms with E-state index in [1.165, 1.54) is 16.7 Å². The van der Waals surface area contributed by atoms with E-state index in [9.17, 15) is 14.7 Å². The molecule has 0 bridgehead atoms. The predicted molar refractivity (Wildman–Crippen MR) is 71.9 cm³/mol. The van der Waals surface area contributed by atoms with E-state index in [2.05, 4.69) is 12.2 Å². The summed E-state index contributed by atoms with van der Waals surface area (Å²) < 4.78 is 0. The maximum absolute atomic E-state index is 11.9. The Kier molecular flexibility index (Phi) is 4.37. The molecular weight excluding hydrogens is 268 g/mol. The number of carboxylic acid groups (broad SMARTS) is 1. The summed E-state index contributed by atoms with van der Waals surface area (Å²) in [6.45, 7) is 2.82. The fourth-order valence-electron chi connectivity index (χ4n) is 2.38. The normalized spacial score (nSPS) is 33.8. The van der Waals surface area contributed by atoms with Crippen LogP contribution in [0, 0.1) is 0 Å². The Morgan fingerprint density at radius 1 is 1.58 bits per heavy atom. The number of unbranched alkanes of at least 4 members (excludes halogenated alkanes) is 2. The van der Waals surface area contributed by atoms with Crippen LogP contribution in [0.3, 0.4) is 0 Å². The zero-order valence-corrected chi connectivity index (χ0v) is 11.8. The second-order valence-electron chi connectivity index (χ2n) is 5.14. The van der Waals surface area contributed by atoms with Crippen molar-refractivity contribution in [1.29, 1.82) is 0 Å². The van der Waals surface area contributed by atoms with Gasteiger partial charge in [0.1, 0.15) is 11.4 Å². The number of nitrogens with one attached hydrogen (secondary N) is 1. The lowest BCUT2D eigenvalue weighted by atomic mass is 9.99. The van der Waals surface area contributed by atoms with Crippen molar-refractivity contribution in [3.8, 4) is 0 Å². The van der Waals surface area contributed by atoms with Gasteiger partial charge in [-0.1, -0.05) is 19.8 Å². The van der Waals surface area contributed by atoms with Crippen LogP contribution in [0.25, 0.3) is 0 Å². The maximum Gasteiger partial charge on any atom is 0.338 e. The lowest BCUT2D eigenvalue weighted by Crippen LogP contribution is -2.74. The average Bonchev–Trinajstić information content (AvgIpc) is 2.39. The van der Waals surface area contributed by atoms with Gasteiger partial charge in [0, 0.05) is 5.75 Å². The second-order valence-corrected chi connectivity index (χ2v) is 6.25. The molecule has 0 radical (unpaired) electrons. The van der Waals surface area contributed by atoms with E-state index in [-0.39, 0.29) is 29.6 Å². The number of rotatable bonds is 6. The lowest BCUT2D eigenvalue weighted by Gasteiger charge is -2.52. The smallest absolute Gasteiger partial charge is 0.338 e. The SMILES string of the molecule is CCCCCNC1C(=O)N2CC(O)(C(=O)O)CS[C@H]12. The molecule has 2 aliphatic rings. The number of amides is 1. The summed E-state index contributed by atoms with van der Waals surface area (Å²) in [5.41, 5.74) is -1.80. The topological polar surface area (TPSA) is 89.9 Å². The third-order valence-electron chi connectivity index (χ3n) is 3.61. The largest absolute Gasteiger partial charge is 0.479 e. The molecule has 2 saturated heterocycles. The van der Waals surface area contributed by atoms with Crippen LogP contribution in [0.2, 0.25) is 0 Å². The molecule has 2 fully saturated rings. The van der Waals surface area contributed by atoms with Crippen molar-refractivity contribution in [2.24, 2.45) is 0 Å². The summed E-state index contributed by atoms with van der Waals surface area (Å²) in [5, 5.41) is 22.0. The van der Waals surface area contributed by atoms with E-state index >= 15 is 0 Å². The van der Waals surface area contributed by atoms with Crippen molar-refractivity contribution in [3.63, 3.8) is 0 Å². The van der Waals surface area contributed by atoms with Gasteiger partial charge in [0.2, 0.25) is 5.91 Å². The highest BCUT2D eigenvalue weighted by Gasteiger charge is 2.56. The first-order valence-corrected chi connectivity index (χ1v) is 7.66. The number of thioether (sulfide) groups is 1. The van der Waals surface area contributed by atoms with E-state index in [1.54, 1.807) is 0 Å². The van der Waals surface area contributed by atoms with Crippen LogP contribution in [0.1, 0.15) is 26.2 Å². The Morgan fingerprint density at radius 3 is 2.95 bits per heavy atom. The van der Waals surface area contributed by atoms with Gasteiger partial charge in [-0.15, -0.1) is 11.8 Å². The number of hydrogen-bond donors (Lipinski definition) is 3. The zero-order chi connectivity index (χ0) is 14.0. The van der Waals surface area contributed by atoms with Crippen LogP contribution in [-0.2, 0) is 9.59 Å². The molecule has 108 valence electrons. The zero-order valence-electron chi connectivity index (χ0n) is 11.0. The van der Waals surface area contributed by atoms with Gasteiger partial charge in [0.25, 0.3) is 0 Å². The van der Waals surface area contributed by atoms with E-state index in [0.717, 1.165) is 25.8 Å². The van der Waals surface area contributed by atoms with Crippen LogP contribution < -0.4 is 5.32 Å². The number of β-lactam (4-membered cyclic amide) rings is 1. The molecule has 0 spiro atoms. The number of hydrogen-bond acceptors (Lipinski definition) is 5. The fraction of sp³-hybridized carbons (Fsp3) is 0.833. The molecule has 0 aromatic carbocycles. The highest BCUT2D eigenvalue weighted by molar-refractivity contribution is 8.00. The van der Waals surface area contributed by atoms with E-state index < -0.39 is 11.6 Å². The van der Waals surface area contributed by atoms with Crippen LogP contribution in [0.4, 0.5) is 0 Å². The standard InChI is InChI=1S/C12H20N2O4S/c1-2-3-4-5-13-8-9(15)14-6-12(18,11(16)17)7-19-10(8)14/h8,10,13,18H,2-7H2,1H3,(H,16,17)/t8?,10-,12?/m1/s1. The van der Waals surface area contributed by atoms with Crippen molar-refractivity contribution in [2.75, 3.05) is 18.8 Å². The Balaban J connectivity index is 1.85. The summed E-state index contributed by atoms with van der Waals surface area (Å²) in [4.78, 5) is 24.3. The minimum atomic E-state index is -1.80. The summed E-state index contributed by atoms with van der Waals surface area (Å²) in [7, 11) is 0. The first-order chi connectivity index (χ1) is 8.99. The molecule has 3 N–H and O–H groups in total. The number of aliphatic carboxylic acids is 1.